The minimum Gasteiger partial charge on any atom is -0.480 e. The minimum absolute atomic E-state index is 0.0448. The van der Waals surface area contributed by atoms with Crippen molar-refractivity contribution in [2.24, 2.45) is 0 Å². The molecule has 2 N–H and O–H groups in total. The third kappa shape index (κ3) is 3.27. The van der Waals surface area contributed by atoms with Crippen LogP contribution in [0.2, 0.25) is 5.02 Å². The van der Waals surface area contributed by atoms with Gasteiger partial charge in [-0.05, 0) is 24.1 Å². The molecule has 1 aliphatic heterocycles. The molecule has 6 heteroatoms. The first kappa shape index (κ1) is 14.5. The fourth-order valence-corrected chi connectivity index (χ4v) is 3.94. The number of carboxylic acid groups (broad SMARTS) is 1. The summed E-state index contributed by atoms with van der Waals surface area (Å²) in [6.45, 7) is 1.50. The number of halogens is 1. The van der Waals surface area contributed by atoms with Gasteiger partial charge in [0.15, 0.2) is 0 Å². The van der Waals surface area contributed by atoms with Crippen LogP contribution in [0.3, 0.4) is 0 Å². The summed E-state index contributed by atoms with van der Waals surface area (Å²) in [5.41, 5.74) is 5.24. The Labute approximate surface area is 131 Å². The van der Waals surface area contributed by atoms with E-state index in [1.54, 1.807) is 11.3 Å². The quantitative estimate of drug-likeness (QED) is 0.908. The number of hydrogen-bond donors (Lipinski definition) is 2. The second-order valence-corrected chi connectivity index (χ2v) is 6.48. The molecule has 0 aliphatic carbocycles. The van der Waals surface area contributed by atoms with Crippen LogP contribution >= 0.6 is 22.9 Å². The molecule has 0 atom stereocenters. The van der Waals surface area contributed by atoms with E-state index in [9.17, 15) is 4.79 Å². The van der Waals surface area contributed by atoms with Crippen LogP contribution in [0.1, 0.15) is 10.4 Å². The van der Waals surface area contributed by atoms with Crippen LogP contribution < -0.4 is 5.43 Å². The van der Waals surface area contributed by atoms with Gasteiger partial charge in [0, 0.05) is 33.4 Å². The van der Waals surface area contributed by atoms with E-state index >= 15 is 0 Å². The summed E-state index contributed by atoms with van der Waals surface area (Å²) in [4.78, 5) is 13.1. The second kappa shape index (κ2) is 6.15. The van der Waals surface area contributed by atoms with Crippen LogP contribution in [0.15, 0.2) is 30.3 Å². The molecule has 0 saturated heterocycles. The fourth-order valence-electron chi connectivity index (χ4n) is 2.44. The van der Waals surface area contributed by atoms with E-state index in [1.807, 2.05) is 29.3 Å². The average Bonchev–Trinajstić information content (AvgIpc) is 2.88. The van der Waals surface area contributed by atoms with E-state index in [0.717, 1.165) is 30.1 Å². The topological polar surface area (TPSA) is 52.6 Å². The predicted octanol–water partition coefficient (Wildman–Crippen LogP) is 3.02. The highest BCUT2D eigenvalue weighted by molar-refractivity contribution is 7.15. The van der Waals surface area contributed by atoms with Crippen LogP contribution in [0.4, 0.5) is 0 Å². The Morgan fingerprint density at radius 2 is 2.24 bits per heavy atom. The third-order valence-electron chi connectivity index (χ3n) is 3.46. The number of hydrogen-bond acceptors (Lipinski definition) is 4. The predicted molar refractivity (Wildman–Crippen MR) is 84.5 cm³/mol. The van der Waals surface area contributed by atoms with Crippen molar-refractivity contribution in [1.29, 1.82) is 0 Å². The molecule has 0 fully saturated rings. The molecule has 1 aromatic heterocycles. The number of hydrazine groups is 1. The van der Waals surface area contributed by atoms with E-state index in [1.165, 1.54) is 15.3 Å². The Balaban J connectivity index is 1.79. The number of carboxylic acids is 1. The van der Waals surface area contributed by atoms with Gasteiger partial charge in [0.1, 0.15) is 6.54 Å². The number of fused-ring (bicyclic) bond motifs is 1. The van der Waals surface area contributed by atoms with Gasteiger partial charge in [-0.1, -0.05) is 29.8 Å². The molecule has 21 heavy (non-hydrogen) atoms. The van der Waals surface area contributed by atoms with E-state index in [4.69, 9.17) is 16.7 Å². The lowest BCUT2D eigenvalue weighted by Crippen LogP contribution is -2.43. The van der Waals surface area contributed by atoms with Crippen molar-refractivity contribution in [1.82, 2.24) is 10.4 Å². The number of benzene rings is 1. The molecule has 0 bridgehead atoms. The number of nitrogens with zero attached hydrogens (tertiary/aromatic N) is 1. The standard InChI is InChI=1S/C15H15ClN2O2S/c16-12-4-2-1-3-11(12)14-7-10-9-18(17-8-15(19)20)6-5-13(10)21-14/h1-4,7,17H,5-6,8-9H2,(H,19,20). The summed E-state index contributed by atoms with van der Waals surface area (Å²) in [6, 6.07) is 10.0. The molecule has 0 spiro atoms. The summed E-state index contributed by atoms with van der Waals surface area (Å²) in [7, 11) is 0. The lowest BCUT2D eigenvalue weighted by molar-refractivity contribution is -0.137. The first-order valence-corrected chi connectivity index (χ1v) is 7.89. The van der Waals surface area contributed by atoms with E-state index in [0.29, 0.717) is 0 Å². The summed E-state index contributed by atoms with van der Waals surface area (Å²) in [5, 5.41) is 11.4. The second-order valence-electron chi connectivity index (χ2n) is 4.94. The summed E-state index contributed by atoms with van der Waals surface area (Å²) < 4.78 is 0. The minimum atomic E-state index is -0.845. The summed E-state index contributed by atoms with van der Waals surface area (Å²) in [5.74, 6) is -0.845. The highest BCUT2D eigenvalue weighted by Gasteiger charge is 2.20. The van der Waals surface area contributed by atoms with Crippen LogP contribution in [0.25, 0.3) is 10.4 Å². The maximum absolute atomic E-state index is 10.6. The molecule has 4 nitrogen and oxygen atoms in total. The Bertz CT molecular complexity index is 671. The zero-order valence-electron chi connectivity index (χ0n) is 11.3. The van der Waals surface area contributed by atoms with E-state index in [-0.39, 0.29) is 6.54 Å². The van der Waals surface area contributed by atoms with Crippen LogP contribution in [0, 0.1) is 0 Å². The van der Waals surface area contributed by atoms with Crippen LogP contribution in [-0.4, -0.2) is 29.2 Å². The van der Waals surface area contributed by atoms with Crippen molar-refractivity contribution < 1.29 is 9.90 Å². The van der Waals surface area contributed by atoms with Crippen molar-refractivity contribution in [3.05, 3.63) is 45.8 Å². The van der Waals surface area contributed by atoms with Gasteiger partial charge < -0.3 is 5.11 Å². The first-order chi connectivity index (χ1) is 10.1. The number of carbonyl (C=O) groups is 1. The zero-order chi connectivity index (χ0) is 14.8. The monoisotopic (exact) mass is 322 g/mol. The summed E-state index contributed by atoms with van der Waals surface area (Å²) in [6.07, 6.45) is 0.928. The fraction of sp³-hybridized carbons (Fsp3) is 0.267. The van der Waals surface area contributed by atoms with Gasteiger partial charge in [-0.2, -0.15) is 0 Å². The van der Waals surface area contributed by atoms with Crippen molar-refractivity contribution in [2.75, 3.05) is 13.1 Å². The average molecular weight is 323 g/mol. The van der Waals surface area contributed by atoms with Crippen LogP contribution in [-0.2, 0) is 17.8 Å². The molecule has 2 heterocycles. The Morgan fingerprint density at radius 1 is 1.43 bits per heavy atom. The van der Waals surface area contributed by atoms with Crippen molar-refractivity contribution >= 4 is 28.9 Å². The highest BCUT2D eigenvalue weighted by Crippen LogP contribution is 2.37. The number of nitrogens with one attached hydrogen (secondary N) is 1. The largest absolute Gasteiger partial charge is 0.480 e. The van der Waals surface area contributed by atoms with E-state index < -0.39 is 5.97 Å². The van der Waals surface area contributed by atoms with Crippen molar-refractivity contribution in [2.45, 2.75) is 13.0 Å². The maximum atomic E-state index is 10.6. The molecule has 110 valence electrons. The molecule has 0 radical (unpaired) electrons. The van der Waals surface area contributed by atoms with Gasteiger partial charge in [-0.3, -0.25) is 4.79 Å². The zero-order valence-corrected chi connectivity index (χ0v) is 12.9. The molecular formula is C15H15ClN2O2S. The van der Waals surface area contributed by atoms with Gasteiger partial charge in [0.2, 0.25) is 0 Å². The van der Waals surface area contributed by atoms with Gasteiger partial charge in [-0.25, -0.2) is 10.4 Å². The number of rotatable bonds is 4. The smallest absolute Gasteiger partial charge is 0.318 e. The third-order valence-corrected chi connectivity index (χ3v) is 5.06. The lowest BCUT2D eigenvalue weighted by atomic mass is 10.1. The van der Waals surface area contributed by atoms with Gasteiger partial charge >= 0.3 is 5.97 Å². The normalized spacial score (nSPS) is 14.9. The number of thiophene rings is 1. The molecule has 0 unspecified atom stereocenters. The molecule has 1 aliphatic rings. The first-order valence-electron chi connectivity index (χ1n) is 6.70. The molecular weight excluding hydrogens is 308 g/mol. The maximum Gasteiger partial charge on any atom is 0.318 e. The van der Waals surface area contributed by atoms with E-state index in [2.05, 4.69) is 11.5 Å². The Kier molecular flexibility index (Phi) is 4.26. The van der Waals surface area contributed by atoms with Crippen molar-refractivity contribution in [3.63, 3.8) is 0 Å². The van der Waals surface area contributed by atoms with Crippen LogP contribution in [0.5, 0.6) is 0 Å². The molecule has 2 aromatic rings. The van der Waals surface area contributed by atoms with Gasteiger partial charge in [0.05, 0.1) is 0 Å². The van der Waals surface area contributed by atoms with Crippen molar-refractivity contribution in [3.8, 4) is 10.4 Å². The Hall–Kier alpha value is -1.40. The highest BCUT2D eigenvalue weighted by atomic mass is 35.5. The van der Waals surface area contributed by atoms with Gasteiger partial charge in [0.25, 0.3) is 0 Å². The summed E-state index contributed by atoms with van der Waals surface area (Å²) >= 11 is 8.03. The lowest BCUT2D eigenvalue weighted by Gasteiger charge is -2.26. The molecule has 3 rings (SSSR count). The Morgan fingerprint density at radius 3 is 3.00 bits per heavy atom. The number of aliphatic carboxylic acids is 1. The molecule has 0 saturated carbocycles. The van der Waals surface area contributed by atoms with Gasteiger partial charge in [-0.15, -0.1) is 11.3 Å². The SMILES string of the molecule is O=C(O)CNN1CCc2sc(-c3ccccc3Cl)cc2C1. The molecule has 0 amide bonds. The molecule has 1 aromatic carbocycles.